The van der Waals surface area contributed by atoms with E-state index in [1.54, 1.807) is 0 Å². The van der Waals surface area contributed by atoms with Crippen LogP contribution in [0.1, 0.15) is 11.1 Å². The largest absolute Gasteiger partial charge is 0.534 e. The zero-order chi connectivity index (χ0) is 24.5. The molecule has 2 heteroatoms. The fraction of sp³-hybridized carbons (Fsp3) is 0.0588. The molecule has 0 radical (unpaired) electrons. The van der Waals surface area contributed by atoms with Gasteiger partial charge in [-0.05, 0) is 39.2 Å². The first-order valence-corrected chi connectivity index (χ1v) is 14.4. The standard InChI is InChI=1S/C34H30OSi/c1-6-16-29(17-7-1)26-27-31(28-30-18-8-2-9-19-30)35-36(32-20-10-3-11-21-32,33-22-12-4-13-23-33)34-24-14-5-15-25-34/h1-25,27H,26,28H2/b31-27-. The molecule has 0 fully saturated rings. The summed E-state index contributed by atoms with van der Waals surface area (Å²) < 4.78 is 7.42. The third kappa shape index (κ3) is 5.40. The molecule has 0 aliphatic rings. The smallest absolute Gasteiger partial charge is 0.346 e. The van der Waals surface area contributed by atoms with Crippen LogP contribution in [0.2, 0.25) is 0 Å². The minimum atomic E-state index is -2.85. The van der Waals surface area contributed by atoms with Crippen LogP contribution in [0.5, 0.6) is 0 Å². The maximum atomic E-state index is 7.42. The van der Waals surface area contributed by atoms with E-state index >= 15 is 0 Å². The van der Waals surface area contributed by atoms with E-state index in [1.165, 1.54) is 26.7 Å². The van der Waals surface area contributed by atoms with E-state index in [2.05, 4.69) is 158 Å². The number of hydrogen-bond donors (Lipinski definition) is 0. The Labute approximate surface area is 215 Å². The van der Waals surface area contributed by atoms with Crippen LogP contribution < -0.4 is 15.6 Å². The quantitative estimate of drug-likeness (QED) is 0.141. The molecule has 0 saturated heterocycles. The maximum absolute atomic E-state index is 7.42. The highest BCUT2D eigenvalue weighted by molar-refractivity contribution is 7.07. The van der Waals surface area contributed by atoms with E-state index in [4.69, 9.17) is 4.43 Å². The van der Waals surface area contributed by atoms with Crippen molar-refractivity contribution in [1.82, 2.24) is 0 Å². The van der Waals surface area contributed by atoms with Crippen LogP contribution in [0.15, 0.2) is 163 Å². The van der Waals surface area contributed by atoms with Crippen molar-refractivity contribution in [3.63, 3.8) is 0 Å². The molecule has 5 aromatic rings. The molecule has 0 atom stereocenters. The monoisotopic (exact) mass is 482 g/mol. The predicted molar refractivity (Wildman–Crippen MR) is 153 cm³/mol. The maximum Gasteiger partial charge on any atom is 0.346 e. The lowest BCUT2D eigenvalue weighted by molar-refractivity contribution is 0.422. The number of benzene rings is 5. The van der Waals surface area contributed by atoms with Crippen molar-refractivity contribution < 1.29 is 4.43 Å². The highest BCUT2D eigenvalue weighted by Crippen LogP contribution is 2.19. The van der Waals surface area contributed by atoms with Crippen molar-refractivity contribution in [3.8, 4) is 0 Å². The van der Waals surface area contributed by atoms with Gasteiger partial charge < -0.3 is 4.43 Å². The molecule has 0 unspecified atom stereocenters. The van der Waals surface area contributed by atoms with Gasteiger partial charge in [0, 0.05) is 6.42 Å². The molecule has 0 aliphatic heterocycles. The van der Waals surface area contributed by atoms with E-state index < -0.39 is 8.32 Å². The van der Waals surface area contributed by atoms with Crippen LogP contribution >= 0.6 is 0 Å². The summed E-state index contributed by atoms with van der Waals surface area (Å²) in [6.07, 6.45) is 3.85. The van der Waals surface area contributed by atoms with Crippen LogP contribution in [0, 0.1) is 0 Å². The second kappa shape index (κ2) is 11.5. The molecule has 0 saturated carbocycles. The van der Waals surface area contributed by atoms with E-state index in [9.17, 15) is 0 Å². The molecular formula is C34H30OSi. The predicted octanol–water partition coefficient (Wildman–Crippen LogP) is 6.04. The van der Waals surface area contributed by atoms with Crippen molar-refractivity contribution in [2.45, 2.75) is 12.8 Å². The highest BCUT2D eigenvalue weighted by atomic mass is 28.4. The average Bonchev–Trinajstić information content (AvgIpc) is 2.97. The van der Waals surface area contributed by atoms with Crippen LogP contribution in [-0.2, 0) is 17.3 Å². The Kier molecular flexibility index (Phi) is 7.55. The lowest BCUT2D eigenvalue weighted by Crippen LogP contribution is -2.69. The van der Waals surface area contributed by atoms with E-state index in [0.717, 1.165) is 18.6 Å². The Bertz CT molecular complexity index is 1270. The van der Waals surface area contributed by atoms with Crippen molar-refractivity contribution in [2.75, 3.05) is 0 Å². The minimum absolute atomic E-state index is 0.745. The fourth-order valence-corrected chi connectivity index (χ4v) is 8.57. The molecule has 0 amide bonds. The van der Waals surface area contributed by atoms with Gasteiger partial charge in [-0.2, -0.15) is 0 Å². The molecule has 176 valence electrons. The van der Waals surface area contributed by atoms with Crippen molar-refractivity contribution >= 4 is 23.9 Å². The summed E-state index contributed by atoms with van der Waals surface area (Å²) in [6, 6.07) is 53.5. The Morgan fingerprint density at radius 3 is 1.25 bits per heavy atom. The second-order valence-electron chi connectivity index (χ2n) is 8.90. The topological polar surface area (TPSA) is 9.23 Å². The molecule has 1 nitrogen and oxygen atoms in total. The van der Waals surface area contributed by atoms with Gasteiger partial charge in [0.1, 0.15) is 0 Å². The van der Waals surface area contributed by atoms with Crippen LogP contribution in [0.3, 0.4) is 0 Å². The van der Waals surface area contributed by atoms with Crippen molar-refractivity contribution in [2.24, 2.45) is 0 Å². The third-order valence-corrected chi connectivity index (χ3v) is 10.5. The van der Waals surface area contributed by atoms with Crippen molar-refractivity contribution in [1.29, 1.82) is 0 Å². The Hall–Kier alpha value is -4.14. The summed E-state index contributed by atoms with van der Waals surface area (Å²) in [6.45, 7) is 0. The number of rotatable bonds is 9. The molecular weight excluding hydrogens is 452 g/mol. The molecule has 0 spiro atoms. The molecule has 0 bridgehead atoms. The Morgan fingerprint density at radius 1 is 0.472 bits per heavy atom. The van der Waals surface area contributed by atoms with Gasteiger partial charge in [0.15, 0.2) is 0 Å². The molecule has 0 N–H and O–H groups in total. The molecule has 5 aromatic carbocycles. The first kappa shape index (κ1) is 23.6. The normalized spacial score (nSPS) is 11.7. The minimum Gasteiger partial charge on any atom is -0.534 e. The summed E-state index contributed by atoms with van der Waals surface area (Å²) in [4.78, 5) is 0. The van der Waals surface area contributed by atoms with E-state index in [1.807, 2.05) is 0 Å². The van der Waals surface area contributed by atoms with E-state index in [0.29, 0.717) is 0 Å². The summed E-state index contributed by atoms with van der Waals surface area (Å²) >= 11 is 0. The molecule has 0 aliphatic carbocycles. The zero-order valence-electron chi connectivity index (χ0n) is 20.3. The Balaban J connectivity index is 1.67. The van der Waals surface area contributed by atoms with Crippen molar-refractivity contribution in [3.05, 3.63) is 175 Å². The summed E-state index contributed by atoms with van der Waals surface area (Å²) in [5, 5.41) is 3.71. The zero-order valence-corrected chi connectivity index (χ0v) is 21.3. The molecule has 0 heterocycles. The highest BCUT2D eigenvalue weighted by Gasteiger charge is 2.44. The summed E-state index contributed by atoms with van der Waals surface area (Å²) in [7, 11) is -2.85. The lowest BCUT2D eigenvalue weighted by Gasteiger charge is -2.34. The summed E-state index contributed by atoms with van der Waals surface area (Å²) in [5.41, 5.74) is 2.52. The average molecular weight is 483 g/mol. The fourth-order valence-electron chi connectivity index (χ4n) is 4.68. The van der Waals surface area contributed by atoms with Gasteiger partial charge in [-0.25, -0.2) is 0 Å². The Morgan fingerprint density at radius 2 is 0.833 bits per heavy atom. The van der Waals surface area contributed by atoms with Crippen LogP contribution in [0.4, 0.5) is 0 Å². The SMILES string of the molecule is C(/Cc1ccccc1)=C(\Cc1ccccc1)O[Si](c1ccccc1)(c1ccccc1)c1ccccc1. The second-order valence-corrected chi connectivity index (χ2v) is 12.2. The van der Waals surface area contributed by atoms with Crippen LogP contribution in [0.25, 0.3) is 0 Å². The third-order valence-electron chi connectivity index (χ3n) is 6.45. The lowest BCUT2D eigenvalue weighted by atomic mass is 10.1. The number of allylic oxidation sites excluding steroid dienone is 2. The van der Waals surface area contributed by atoms with Gasteiger partial charge in [0.2, 0.25) is 0 Å². The number of hydrogen-bond acceptors (Lipinski definition) is 1. The first-order valence-electron chi connectivity index (χ1n) is 12.5. The summed E-state index contributed by atoms with van der Waals surface area (Å²) in [5.74, 6) is 1.01. The van der Waals surface area contributed by atoms with Gasteiger partial charge in [-0.3, -0.25) is 0 Å². The first-order chi connectivity index (χ1) is 17.8. The van der Waals surface area contributed by atoms with Gasteiger partial charge in [-0.15, -0.1) is 0 Å². The molecule has 5 rings (SSSR count). The molecule has 36 heavy (non-hydrogen) atoms. The van der Waals surface area contributed by atoms with Crippen LogP contribution in [-0.4, -0.2) is 8.32 Å². The van der Waals surface area contributed by atoms with Gasteiger partial charge in [0.05, 0.1) is 5.76 Å². The van der Waals surface area contributed by atoms with Gasteiger partial charge in [0.25, 0.3) is 0 Å². The van der Waals surface area contributed by atoms with Gasteiger partial charge >= 0.3 is 8.32 Å². The van der Waals surface area contributed by atoms with E-state index in [-0.39, 0.29) is 0 Å². The molecule has 0 aromatic heterocycles. The van der Waals surface area contributed by atoms with Gasteiger partial charge in [-0.1, -0.05) is 152 Å².